The van der Waals surface area contributed by atoms with E-state index in [9.17, 15) is 4.79 Å². The summed E-state index contributed by atoms with van der Waals surface area (Å²) in [4.78, 5) is 18.6. The monoisotopic (exact) mass is 413 g/mol. The molecule has 0 radical (unpaired) electrons. The first kappa shape index (κ1) is 18.7. The van der Waals surface area contributed by atoms with Gasteiger partial charge in [-0.1, -0.05) is 30.0 Å². The Balaban J connectivity index is 1.45. The van der Waals surface area contributed by atoms with Gasteiger partial charge in [0, 0.05) is 29.9 Å². The minimum Gasteiger partial charge on any atom is -0.485 e. The van der Waals surface area contributed by atoms with E-state index in [4.69, 9.17) is 4.74 Å². The van der Waals surface area contributed by atoms with Crippen LogP contribution in [0.25, 0.3) is 4.96 Å². The summed E-state index contributed by atoms with van der Waals surface area (Å²) in [7, 11) is 1.91. The second-order valence-electron chi connectivity index (χ2n) is 6.38. The fourth-order valence-corrected chi connectivity index (χ4v) is 4.40. The number of nitrogens with zero attached hydrogens (tertiary/aromatic N) is 5. The molecule has 0 fully saturated rings. The van der Waals surface area contributed by atoms with Crippen LogP contribution in [-0.4, -0.2) is 24.1 Å². The normalized spacial score (nSPS) is 11.2. The van der Waals surface area contributed by atoms with Gasteiger partial charge in [0.25, 0.3) is 5.56 Å². The molecule has 0 unspecified atom stereocenters. The van der Waals surface area contributed by atoms with E-state index in [2.05, 4.69) is 15.2 Å². The molecule has 3 aromatic heterocycles. The van der Waals surface area contributed by atoms with Crippen LogP contribution in [0.15, 0.2) is 46.5 Å². The molecule has 0 spiro atoms. The molecule has 0 bridgehead atoms. The maximum absolute atomic E-state index is 12.2. The van der Waals surface area contributed by atoms with E-state index in [1.54, 1.807) is 10.5 Å². The zero-order chi connectivity index (χ0) is 19.7. The lowest BCUT2D eigenvalue weighted by molar-refractivity contribution is 0.288. The minimum atomic E-state index is -0.0600. The molecule has 0 saturated heterocycles. The quantitative estimate of drug-likeness (QED) is 0.451. The molecule has 0 N–H and O–H groups in total. The van der Waals surface area contributed by atoms with Crippen molar-refractivity contribution in [2.45, 2.75) is 31.4 Å². The summed E-state index contributed by atoms with van der Waals surface area (Å²) in [6.45, 7) is 4.32. The number of aromatic nitrogens is 5. The van der Waals surface area contributed by atoms with Gasteiger partial charge < -0.3 is 9.30 Å². The summed E-state index contributed by atoms with van der Waals surface area (Å²) in [5.74, 6) is 2.12. The summed E-state index contributed by atoms with van der Waals surface area (Å²) in [6, 6.07) is 9.45. The number of fused-ring (bicyclic) bond motifs is 1. The van der Waals surface area contributed by atoms with E-state index < -0.39 is 0 Å². The number of hydrogen-bond donors (Lipinski definition) is 0. The van der Waals surface area contributed by atoms with Gasteiger partial charge in [0.05, 0.1) is 5.69 Å². The van der Waals surface area contributed by atoms with Crippen molar-refractivity contribution in [1.29, 1.82) is 0 Å². The standard InChI is InChI=1S/C19H19N5O2S2/c1-12-6-4-5-7-15(12)26-10-16-21-22-19(23(16)3)27-11-14-8-17(25)24-9-13(2)28-18(24)20-14/h4-9H,10-11H2,1-3H3. The van der Waals surface area contributed by atoms with Gasteiger partial charge in [0.2, 0.25) is 0 Å². The summed E-state index contributed by atoms with van der Waals surface area (Å²) >= 11 is 3.01. The molecule has 144 valence electrons. The highest BCUT2D eigenvalue weighted by atomic mass is 32.2. The zero-order valence-corrected chi connectivity index (χ0v) is 17.4. The van der Waals surface area contributed by atoms with Gasteiger partial charge in [-0.15, -0.1) is 21.5 Å². The second-order valence-corrected chi connectivity index (χ2v) is 8.54. The van der Waals surface area contributed by atoms with Crippen LogP contribution >= 0.6 is 23.1 Å². The third-order valence-electron chi connectivity index (χ3n) is 4.26. The van der Waals surface area contributed by atoms with Crippen molar-refractivity contribution in [3.8, 4) is 5.75 Å². The van der Waals surface area contributed by atoms with E-state index in [1.165, 1.54) is 23.1 Å². The first-order valence-electron chi connectivity index (χ1n) is 8.69. The number of thioether (sulfide) groups is 1. The molecule has 9 heteroatoms. The maximum Gasteiger partial charge on any atom is 0.258 e. The summed E-state index contributed by atoms with van der Waals surface area (Å²) in [6.07, 6.45) is 1.82. The predicted octanol–water partition coefficient (Wildman–Crippen LogP) is 3.37. The topological polar surface area (TPSA) is 74.3 Å². The smallest absolute Gasteiger partial charge is 0.258 e. The van der Waals surface area contributed by atoms with E-state index in [0.717, 1.165) is 32.9 Å². The molecule has 0 amide bonds. The van der Waals surface area contributed by atoms with Gasteiger partial charge in [-0.05, 0) is 25.5 Å². The molecule has 3 heterocycles. The van der Waals surface area contributed by atoms with E-state index in [-0.39, 0.29) is 5.56 Å². The van der Waals surface area contributed by atoms with E-state index >= 15 is 0 Å². The zero-order valence-electron chi connectivity index (χ0n) is 15.7. The van der Waals surface area contributed by atoms with Crippen molar-refractivity contribution in [2.75, 3.05) is 0 Å². The molecular formula is C19H19N5O2S2. The molecule has 1 aromatic carbocycles. The molecule has 28 heavy (non-hydrogen) atoms. The first-order chi connectivity index (χ1) is 13.5. The molecular weight excluding hydrogens is 394 g/mol. The number of benzene rings is 1. The summed E-state index contributed by atoms with van der Waals surface area (Å²) < 4.78 is 9.35. The number of hydrogen-bond acceptors (Lipinski definition) is 7. The van der Waals surface area contributed by atoms with Crippen LogP contribution in [0.2, 0.25) is 0 Å². The molecule has 4 aromatic rings. The Kier molecular flexibility index (Phi) is 5.19. The first-order valence-corrected chi connectivity index (χ1v) is 10.5. The Morgan fingerprint density at radius 3 is 2.86 bits per heavy atom. The van der Waals surface area contributed by atoms with Crippen LogP contribution in [0, 0.1) is 13.8 Å². The lowest BCUT2D eigenvalue weighted by Crippen LogP contribution is -2.12. The maximum atomic E-state index is 12.2. The van der Waals surface area contributed by atoms with Crippen LogP contribution in [0.4, 0.5) is 0 Å². The number of para-hydroxylation sites is 1. The highest BCUT2D eigenvalue weighted by molar-refractivity contribution is 7.98. The average Bonchev–Trinajstić information content (AvgIpc) is 3.22. The highest BCUT2D eigenvalue weighted by Gasteiger charge is 2.12. The van der Waals surface area contributed by atoms with E-state index in [0.29, 0.717) is 17.3 Å². The molecule has 4 rings (SSSR count). The van der Waals surface area contributed by atoms with Crippen LogP contribution < -0.4 is 10.3 Å². The van der Waals surface area contributed by atoms with Crippen molar-refractivity contribution in [3.63, 3.8) is 0 Å². The summed E-state index contributed by atoms with van der Waals surface area (Å²) in [5.41, 5.74) is 1.75. The number of aryl methyl sites for hydroxylation is 2. The Bertz CT molecular complexity index is 1190. The fourth-order valence-electron chi connectivity index (χ4n) is 2.73. The lowest BCUT2D eigenvalue weighted by atomic mass is 10.2. The Labute approximate surface area is 170 Å². The van der Waals surface area contributed by atoms with Crippen LogP contribution in [0.5, 0.6) is 5.75 Å². The lowest BCUT2D eigenvalue weighted by Gasteiger charge is -2.08. The molecule has 0 aliphatic heterocycles. The Hall–Kier alpha value is -2.65. The Morgan fingerprint density at radius 1 is 1.21 bits per heavy atom. The largest absolute Gasteiger partial charge is 0.485 e. The van der Waals surface area contributed by atoms with Crippen LogP contribution in [0.1, 0.15) is 22.0 Å². The van der Waals surface area contributed by atoms with Gasteiger partial charge in [-0.25, -0.2) is 4.98 Å². The van der Waals surface area contributed by atoms with E-state index in [1.807, 2.05) is 55.9 Å². The third kappa shape index (κ3) is 3.81. The van der Waals surface area contributed by atoms with Crippen molar-refractivity contribution in [1.82, 2.24) is 24.1 Å². The summed E-state index contributed by atoms with van der Waals surface area (Å²) in [5, 5.41) is 9.23. The van der Waals surface area contributed by atoms with Crippen molar-refractivity contribution >= 4 is 28.1 Å². The SMILES string of the molecule is Cc1cn2c(=O)cc(CSc3nnc(COc4ccccc4C)n3C)nc2s1. The van der Waals surface area contributed by atoms with Crippen molar-refractivity contribution in [2.24, 2.45) is 7.05 Å². The molecule has 0 aliphatic rings. The van der Waals surface area contributed by atoms with Gasteiger partial charge in [0.15, 0.2) is 15.9 Å². The second kappa shape index (κ2) is 7.76. The third-order valence-corrected chi connectivity index (χ3v) is 6.21. The van der Waals surface area contributed by atoms with Crippen molar-refractivity contribution in [3.05, 3.63) is 68.8 Å². The molecule has 0 saturated carbocycles. The molecule has 0 atom stereocenters. The predicted molar refractivity (Wildman–Crippen MR) is 110 cm³/mol. The molecule has 7 nitrogen and oxygen atoms in total. The minimum absolute atomic E-state index is 0.0600. The number of ether oxygens (including phenoxy) is 1. The van der Waals surface area contributed by atoms with Crippen LogP contribution in [0.3, 0.4) is 0 Å². The molecule has 0 aliphatic carbocycles. The van der Waals surface area contributed by atoms with Gasteiger partial charge in [-0.3, -0.25) is 9.20 Å². The number of rotatable bonds is 6. The van der Waals surface area contributed by atoms with Crippen molar-refractivity contribution < 1.29 is 4.74 Å². The van der Waals surface area contributed by atoms with Gasteiger partial charge in [0.1, 0.15) is 12.4 Å². The highest BCUT2D eigenvalue weighted by Crippen LogP contribution is 2.22. The number of thiazole rings is 1. The Morgan fingerprint density at radius 2 is 2.04 bits per heavy atom. The average molecular weight is 414 g/mol. The van der Waals surface area contributed by atoms with Gasteiger partial charge >= 0.3 is 0 Å². The van der Waals surface area contributed by atoms with Crippen LogP contribution in [-0.2, 0) is 19.4 Å². The fraction of sp³-hybridized carbons (Fsp3) is 0.263. The van der Waals surface area contributed by atoms with Gasteiger partial charge in [-0.2, -0.15) is 0 Å².